The molecule has 2 atom stereocenters. The molecular weight excluding hydrogens is 458 g/mol. The Kier molecular flexibility index (Phi) is 7.08. The van der Waals surface area contributed by atoms with E-state index in [0.29, 0.717) is 36.9 Å². The zero-order valence-corrected chi connectivity index (χ0v) is 20.1. The van der Waals surface area contributed by atoms with Gasteiger partial charge in [0.25, 0.3) is 0 Å². The second-order valence-electron chi connectivity index (χ2n) is 8.23. The third-order valence-electron chi connectivity index (χ3n) is 6.06. The van der Waals surface area contributed by atoms with E-state index >= 15 is 0 Å². The predicted molar refractivity (Wildman–Crippen MR) is 126 cm³/mol. The third kappa shape index (κ3) is 4.88. The Morgan fingerprint density at radius 3 is 2.44 bits per heavy atom. The maximum absolute atomic E-state index is 12.7. The lowest BCUT2D eigenvalue weighted by Gasteiger charge is -2.26. The smallest absolute Gasteiger partial charge is 0.243 e. The molecule has 0 unspecified atom stereocenters. The van der Waals surface area contributed by atoms with Crippen molar-refractivity contribution in [2.45, 2.75) is 31.3 Å². The molecule has 9 nitrogen and oxygen atoms in total. The van der Waals surface area contributed by atoms with Crippen LogP contribution in [-0.2, 0) is 19.6 Å². The highest BCUT2D eigenvalue weighted by molar-refractivity contribution is 7.89. The number of para-hydroxylation sites is 2. The van der Waals surface area contributed by atoms with Crippen LogP contribution in [0.3, 0.4) is 0 Å². The van der Waals surface area contributed by atoms with Crippen molar-refractivity contribution in [1.82, 2.24) is 9.62 Å². The van der Waals surface area contributed by atoms with Gasteiger partial charge in [0.2, 0.25) is 21.8 Å². The Labute approximate surface area is 199 Å². The van der Waals surface area contributed by atoms with Crippen LogP contribution in [0.1, 0.15) is 20.3 Å². The topological polar surface area (TPSA) is 105 Å². The van der Waals surface area contributed by atoms with E-state index in [9.17, 15) is 18.0 Å². The van der Waals surface area contributed by atoms with Crippen molar-refractivity contribution in [3.8, 4) is 11.5 Å². The zero-order valence-electron chi connectivity index (χ0n) is 19.3. The van der Waals surface area contributed by atoms with Gasteiger partial charge in [0.1, 0.15) is 12.7 Å². The quantitative estimate of drug-likeness (QED) is 0.611. The number of rotatable bonds is 8. The Morgan fingerprint density at radius 1 is 1.09 bits per heavy atom. The van der Waals surface area contributed by atoms with Crippen LogP contribution in [0.2, 0.25) is 0 Å². The number of sulfonamides is 1. The number of hydrogen-bond donors (Lipinski definition) is 1. The molecule has 2 aromatic rings. The summed E-state index contributed by atoms with van der Waals surface area (Å²) >= 11 is 0. The van der Waals surface area contributed by atoms with Gasteiger partial charge in [0.05, 0.1) is 17.4 Å². The first kappa shape index (κ1) is 24.0. The minimum atomic E-state index is -3.57. The highest BCUT2D eigenvalue weighted by Gasteiger charge is 2.36. The summed E-state index contributed by atoms with van der Waals surface area (Å²) in [5.74, 6) is 0.424. The van der Waals surface area contributed by atoms with Crippen molar-refractivity contribution < 1.29 is 27.5 Å². The van der Waals surface area contributed by atoms with Gasteiger partial charge in [0.15, 0.2) is 11.5 Å². The van der Waals surface area contributed by atoms with Gasteiger partial charge in [-0.25, -0.2) is 8.42 Å². The summed E-state index contributed by atoms with van der Waals surface area (Å²) in [6, 6.07) is 13.6. The average Bonchev–Trinajstić information content (AvgIpc) is 3.24. The molecule has 2 heterocycles. The van der Waals surface area contributed by atoms with Gasteiger partial charge < -0.3 is 19.7 Å². The van der Waals surface area contributed by atoms with Crippen LogP contribution >= 0.6 is 0 Å². The van der Waals surface area contributed by atoms with Crippen molar-refractivity contribution in [3.05, 3.63) is 48.5 Å². The minimum Gasteiger partial charge on any atom is -0.486 e. The number of fused-ring (bicyclic) bond motifs is 1. The lowest BCUT2D eigenvalue weighted by Crippen LogP contribution is -2.43. The van der Waals surface area contributed by atoms with Gasteiger partial charge in [-0.1, -0.05) is 26.0 Å². The molecule has 1 N–H and O–H groups in total. The van der Waals surface area contributed by atoms with E-state index in [1.807, 2.05) is 24.3 Å². The van der Waals surface area contributed by atoms with Gasteiger partial charge in [-0.15, -0.1) is 0 Å². The van der Waals surface area contributed by atoms with Gasteiger partial charge >= 0.3 is 0 Å². The van der Waals surface area contributed by atoms with Crippen molar-refractivity contribution in [1.29, 1.82) is 0 Å². The molecule has 0 spiro atoms. The Bertz CT molecular complexity index is 1150. The molecule has 0 radical (unpaired) electrons. The third-order valence-corrected chi connectivity index (χ3v) is 8.12. The fourth-order valence-electron chi connectivity index (χ4n) is 4.17. The van der Waals surface area contributed by atoms with E-state index < -0.39 is 15.9 Å². The Hall–Kier alpha value is -3.11. The van der Waals surface area contributed by atoms with Crippen LogP contribution in [0.4, 0.5) is 5.69 Å². The fourth-order valence-corrected chi connectivity index (χ4v) is 5.62. The standard InChI is InChI=1S/C24H29N3O6S/c1-3-26(4-2)34(30,31)20-11-9-18(10-12-20)27-15-17(13-23(27)28)24(29)25-14-19-16-32-21-7-5-6-8-22(21)33-19/h5-12,17,19H,3-4,13-16H2,1-2H3,(H,25,29)/t17-,19+/m0/s1. The number of nitrogens with one attached hydrogen (secondary N) is 1. The predicted octanol–water partition coefficient (Wildman–Crippen LogP) is 2.03. The van der Waals surface area contributed by atoms with E-state index in [4.69, 9.17) is 9.47 Å². The van der Waals surface area contributed by atoms with E-state index in [1.165, 1.54) is 21.3 Å². The molecule has 2 amide bonds. The fraction of sp³-hybridized carbons (Fsp3) is 0.417. The highest BCUT2D eigenvalue weighted by atomic mass is 32.2. The van der Waals surface area contributed by atoms with Crippen LogP contribution in [0, 0.1) is 5.92 Å². The molecule has 2 aliphatic rings. The van der Waals surface area contributed by atoms with Crippen molar-refractivity contribution in [2.24, 2.45) is 5.92 Å². The first-order valence-corrected chi connectivity index (χ1v) is 12.8. The number of amides is 2. The van der Waals surface area contributed by atoms with Crippen molar-refractivity contribution in [2.75, 3.05) is 37.7 Å². The summed E-state index contributed by atoms with van der Waals surface area (Å²) < 4.78 is 38.3. The maximum Gasteiger partial charge on any atom is 0.243 e. The molecule has 2 aromatic carbocycles. The number of benzene rings is 2. The highest BCUT2D eigenvalue weighted by Crippen LogP contribution is 2.31. The summed E-state index contributed by atoms with van der Waals surface area (Å²) in [7, 11) is -3.57. The average molecular weight is 488 g/mol. The molecule has 0 aromatic heterocycles. The van der Waals surface area contributed by atoms with Gasteiger partial charge in [0, 0.05) is 31.7 Å². The zero-order chi connectivity index (χ0) is 24.3. The molecular formula is C24H29N3O6S. The van der Waals surface area contributed by atoms with E-state index in [-0.39, 0.29) is 42.3 Å². The van der Waals surface area contributed by atoms with Gasteiger partial charge in [-0.3, -0.25) is 9.59 Å². The number of nitrogens with zero attached hydrogens (tertiary/aromatic N) is 2. The van der Waals surface area contributed by atoms with Crippen molar-refractivity contribution >= 4 is 27.5 Å². The number of anilines is 1. The van der Waals surface area contributed by atoms with Crippen LogP contribution in [0.5, 0.6) is 11.5 Å². The van der Waals surface area contributed by atoms with Crippen LogP contribution < -0.4 is 19.7 Å². The van der Waals surface area contributed by atoms with E-state index in [0.717, 1.165) is 0 Å². The second kappa shape index (κ2) is 10.0. The van der Waals surface area contributed by atoms with Gasteiger partial charge in [-0.05, 0) is 36.4 Å². The number of carbonyl (C=O) groups is 2. The molecule has 0 bridgehead atoms. The first-order valence-electron chi connectivity index (χ1n) is 11.4. The maximum atomic E-state index is 12.7. The molecule has 1 saturated heterocycles. The number of hydrogen-bond acceptors (Lipinski definition) is 6. The molecule has 10 heteroatoms. The summed E-state index contributed by atoms with van der Waals surface area (Å²) in [5, 5.41) is 2.86. The van der Waals surface area contributed by atoms with Crippen LogP contribution in [0.25, 0.3) is 0 Å². The Morgan fingerprint density at radius 2 is 1.76 bits per heavy atom. The molecule has 2 aliphatic heterocycles. The monoisotopic (exact) mass is 487 g/mol. The summed E-state index contributed by atoms with van der Waals surface area (Å²) in [6.45, 7) is 5.17. The first-order chi connectivity index (χ1) is 16.3. The van der Waals surface area contributed by atoms with E-state index in [1.54, 1.807) is 26.0 Å². The van der Waals surface area contributed by atoms with E-state index in [2.05, 4.69) is 5.32 Å². The largest absolute Gasteiger partial charge is 0.486 e. The lowest BCUT2D eigenvalue weighted by atomic mass is 10.1. The molecule has 34 heavy (non-hydrogen) atoms. The molecule has 0 saturated carbocycles. The summed E-state index contributed by atoms with van der Waals surface area (Å²) in [5.41, 5.74) is 0.569. The lowest BCUT2D eigenvalue weighted by molar-refractivity contribution is -0.126. The van der Waals surface area contributed by atoms with Gasteiger partial charge in [-0.2, -0.15) is 4.31 Å². The van der Waals surface area contributed by atoms with Crippen LogP contribution in [0.15, 0.2) is 53.4 Å². The molecule has 0 aliphatic carbocycles. The number of carbonyl (C=O) groups excluding carboxylic acids is 2. The summed E-state index contributed by atoms with van der Waals surface area (Å²) in [6.07, 6.45) is -0.219. The summed E-state index contributed by atoms with van der Waals surface area (Å²) in [4.78, 5) is 27.0. The molecule has 4 rings (SSSR count). The SMILES string of the molecule is CCN(CC)S(=O)(=O)c1ccc(N2C[C@@H](C(=O)NC[C@@H]3COc4ccccc4O3)CC2=O)cc1. The van der Waals surface area contributed by atoms with Crippen LogP contribution in [-0.4, -0.2) is 63.4 Å². The minimum absolute atomic E-state index is 0.0934. The molecule has 1 fully saturated rings. The normalized spacial score (nSPS) is 20.0. The second-order valence-corrected chi connectivity index (χ2v) is 10.2. The molecule has 182 valence electrons. The van der Waals surface area contributed by atoms with Crippen molar-refractivity contribution in [3.63, 3.8) is 0 Å². The Balaban J connectivity index is 1.34. The number of ether oxygens (including phenoxy) is 2.